The Morgan fingerprint density at radius 2 is 1.16 bits per heavy atom. The van der Waals surface area contributed by atoms with Crippen molar-refractivity contribution in [2.75, 3.05) is 0 Å². The van der Waals surface area contributed by atoms with Gasteiger partial charge in [-0.1, -0.05) is 80.6 Å². The van der Waals surface area contributed by atoms with E-state index < -0.39 is 0 Å². The number of hydrogen-bond donors (Lipinski definition) is 0. The summed E-state index contributed by atoms with van der Waals surface area (Å²) in [5.41, 5.74) is 8.26. The molecule has 6 aromatic carbocycles. The maximum absolute atomic E-state index is 6.39. The van der Waals surface area contributed by atoms with Gasteiger partial charge in [0.05, 0.1) is 11.0 Å². The number of nitrogens with zero attached hydrogens (tertiary/aromatic N) is 1. The van der Waals surface area contributed by atoms with Crippen LogP contribution in [0, 0.1) is 0 Å². The van der Waals surface area contributed by atoms with E-state index in [0.717, 1.165) is 11.2 Å². The van der Waals surface area contributed by atoms with E-state index in [-0.39, 0.29) is 5.41 Å². The van der Waals surface area contributed by atoms with Crippen LogP contribution in [0.5, 0.6) is 0 Å². The Morgan fingerprint density at radius 1 is 0.514 bits per heavy atom. The molecule has 37 heavy (non-hydrogen) atoms. The molecule has 1 aliphatic carbocycles. The summed E-state index contributed by atoms with van der Waals surface area (Å²) in [5, 5.41) is 10.5. The van der Waals surface area contributed by atoms with Gasteiger partial charge in [0.25, 0.3) is 0 Å². The van der Waals surface area contributed by atoms with Crippen LogP contribution in [0.4, 0.5) is 0 Å². The largest absolute Gasteiger partial charge is 0.456 e. The van der Waals surface area contributed by atoms with E-state index in [4.69, 9.17) is 4.42 Å². The summed E-state index contributed by atoms with van der Waals surface area (Å²) in [7, 11) is 0. The van der Waals surface area contributed by atoms with Gasteiger partial charge < -0.3 is 8.98 Å². The van der Waals surface area contributed by atoms with Gasteiger partial charge in [-0.25, -0.2) is 0 Å². The lowest BCUT2D eigenvalue weighted by molar-refractivity contribution is 0.649. The van der Waals surface area contributed by atoms with Crippen molar-refractivity contribution in [2.45, 2.75) is 19.3 Å². The molecule has 2 heteroatoms. The number of rotatable bonds is 1. The van der Waals surface area contributed by atoms with Gasteiger partial charge in [-0.15, -0.1) is 0 Å². The molecule has 0 N–H and O–H groups in total. The van der Waals surface area contributed by atoms with Crippen LogP contribution in [0.15, 0.2) is 108 Å². The van der Waals surface area contributed by atoms with E-state index in [1.54, 1.807) is 0 Å². The van der Waals surface area contributed by atoms with Crippen molar-refractivity contribution in [3.05, 3.63) is 114 Å². The molecule has 0 radical (unpaired) electrons. The number of aromatic nitrogens is 1. The zero-order valence-electron chi connectivity index (χ0n) is 20.7. The highest BCUT2D eigenvalue weighted by molar-refractivity contribution is 6.32. The van der Waals surface area contributed by atoms with Crippen molar-refractivity contribution in [2.24, 2.45) is 0 Å². The molecule has 0 saturated carbocycles. The lowest BCUT2D eigenvalue weighted by atomic mass is 9.81. The highest BCUT2D eigenvalue weighted by Crippen LogP contribution is 2.54. The fourth-order valence-electron chi connectivity index (χ4n) is 7.10. The topological polar surface area (TPSA) is 18.1 Å². The zero-order chi connectivity index (χ0) is 24.5. The summed E-state index contributed by atoms with van der Waals surface area (Å²) in [6, 6.07) is 37.5. The molecular formula is C35H23NO. The first-order valence-electron chi connectivity index (χ1n) is 13.0. The minimum absolute atomic E-state index is 0.139. The van der Waals surface area contributed by atoms with Gasteiger partial charge in [0.1, 0.15) is 11.2 Å². The van der Waals surface area contributed by atoms with E-state index in [2.05, 4.69) is 122 Å². The predicted molar refractivity (Wildman–Crippen MR) is 155 cm³/mol. The maximum Gasteiger partial charge on any atom is 0.136 e. The molecule has 1 aliphatic rings. The maximum atomic E-state index is 6.39. The molecule has 0 atom stereocenters. The summed E-state index contributed by atoms with van der Waals surface area (Å²) in [4.78, 5) is 0. The van der Waals surface area contributed by atoms with Gasteiger partial charge in [-0.05, 0) is 69.1 Å². The van der Waals surface area contributed by atoms with Crippen molar-refractivity contribution in [3.63, 3.8) is 0 Å². The van der Waals surface area contributed by atoms with E-state index in [1.165, 1.54) is 70.9 Å². The Labute approximate surface area is 213 Å². The van der Waals surface area contributed by atoms with Crippen molar-refractivity contribution < 1.29 is 4.42 Å². The lowest BCUT2D eigenvalue weighted by Crippen LogP contribution is -2.15. The van der Waals surface area contributed by atoms with Gasteiger partial charge in [-0.2, -0.15) is 0 Å². The normalized spacial score (nSPS) is 14.4. The summed E-state index contributed by atoms with van der Waals surface area (Å²) >= 11 is 0. The fourth-order valence-corrected chi connectivity index (χ4v) is 7.10. The second kappa shape index (κ2) is 6.41. The predicted octanol–water partition coefficient (Wildman–Crippen LogP) is 9.63. The van der Waals surface area contributed by atoms with Crippen molar-refractivity contribution in [3.8, 4) is 5.69 Å². The lowest BCUT2D eigenvalue weighted by Gasteiger charge is -2.22. The molecule has 0 unspecified atom stereocenters. The van der Waals surface area contributed by atoms with E-state index in [9.17, 15) is 0 Å². The third-order valence-electron chi connectivity index (χ3n) is 8.73. The third kappa shape index (κ3) is 2.23. The van der Waals surface area contributed by atoms with Gasteiger partial charge >= 0.3 is 0 Å². The Morgan fingerprint density at radius 3 is 1.97 bits per heavy atom. The van der Waals surface area contributed by atoms with Crippen molar-refractivity contribution >= 4 is 65.3 Å². The monoisotopic (exact) mass is 473 g/mol. The molecule has 0 spiro atoms. The molecule has 0 amide bonds. The molecule has 2 aromatic heterocycles. The van der Waals surface area contributed by atoms with Crippen LogP contribution in [0.25, 0.3) is 71.0 Å². The molecule has 9 rings (SSSR count). The molecule has 2 heterocycles. The van der Waals surface area contributed by atoms with Gasteiger partial charge in [0.15, 0.2) is 0 Å². The van der Waals surface area contributed by atoms with Crippen LogP contribution in [0.2, 0.25) is 0 Å². The van der Waals surface area contributed by atoms with Crippen LogP contribution in [-0.4, -0.2) is 4.57 Å². The summed E-state index contributed by atoms with van der Waals surface area (Å²) < 4.78 is 8.83. The summed E-state index contributed by atoms with van der Waals surface area (Å²) in [5.74, 6) is 0. The van der Waals surface area contributed by atoms with E-state index in [1.807, 2.05) is 0 Å². The average Bonchev–Trinajstić information content (AvgIpc) is 3.54. The minimum atomic E-state index is -0.139. The van der Waals surface area contributed by atoms with E-state index >= 15 is 0 Å². The highest BCUT2D eigenvalue weighted by atomic mass is 16.3. The Bertz CT molecular complexity index is 2260. The average molecular weight is 474 g/mol. The first-order chi connectivity index (χ1) is 18.1. The molecule has 174 valence electrons. The van der Waals surface area contributed by atoms with Crippen LogP contribution in [0.1, 0.15) is 25.0 Å². The fraction of sp³-hybridized carbons (Fsp3) is 0.0857. The van der Waals surface area contributed by atoms with Gasteiger partial charge in [0, 0.05) is 32.6 Å². The highest BCUT2D eigenvalue weighted by Gasteiger charge is 2.37. The molecule has 8 aromatic rings. The molecule has 2 nitrogen and oxygen atoms in total. The number of fused-ring (bicyclic) bond motifs is 8. The third-order valence-corrected chi connectivity index (χ3v) is 8.73. The van der Waals surface area contributed by atoms with Crippen LogP contribution in [-0.2, 0) is 5.41 Å². The molecule has 0 saturated heterocycles. The quantitative estimate of drug-likeness (QED) is 0.217. The van der Waals surface area contributed by atoms with Crippen molar-refractivity contribution in [1.82, 2.24) is 4.57 Å². The second-order valence-electron chi connectivity index (χ2n) is 10.9. The Balaban J connectivity index is 1.55. The van der Waals surface area contributed by atoms with Gasteiger partial charge in [0.2, 0.25) is 0 Å². The number of benzene rings is 6. The summed E-state index contributed by atoms with van der Waals surface area (Å²) in [6.07, 6.45) is 0. The van der Waals surface area contributed by atoms with Crippen LogP contribution < -0.4 is 0 Å². The molecule has 0 aliphatic heterocycles. The first-order valence-corrected chi connectivity index (χ1v) is 13.0. The van der Waals surface area contributed by atoms with Crippen LogP contribution in [0.3, 0.4) is 0 Å². The van der Waals surface area contributed by atoms with Crippen LogP contribution >= 0.6 is 0 Å². The Kier molecular flexibility index (Phi) is 3.39. The summed E-state index contributed by atoms with van der Waals surface area (Å²) in [6.45, 7) is 4.73. The number of hydrogen-bond acceptors (Lipinski definition) is 1. The molecule has 0 fully saturated rings. The SMILES string of the molecule is CC1(C)c2cc3oc4ccccc4c3c3ccc4c(c1cc1c4c4ccccc4n1-c1ccccc1)c23. The minimum Gasteiger partial charge on any atom is -0.456 e. The van der Waals surface area contributed by atoms with E-state index in [0.29, 0.717) is 0 Å². The standard InChI is InChI=1S/C35H23NO/c1-35(2)25-18-28-31(21-12-6-8-14-27(21)36(28)20-10-4-3-5-11-20)23-16-17-24-32-22-13-7-9-15-29(22)37-30(32)19-26(35)34(24)33(23)25/h3-19H,1-2H3. The Hall–Kier alpha value is -4.56. The smallest absolute Gasteiger partial charge is 0.136 e. The molecule has 0 bridgehead atoms. The van der Waals surface area contributed by atoms with Crippen molar-refractivity contribution in [1.29, 1.82) is 0 Å². The zero-order valence-corrected chi connectivity index (χ0v) is 20.7. The number of furan rings is 1. The first kappa shape index (κ1) is 19.6. The second-order valence-corrected chi connectivity index (χ2v) is 10.9. The van der Waals surface area contributed by atoms with Gasteiger partial charge in [-0.3, -0.25) is 0 Å². The molecular weight excluding hydrogens is 450 g/mol. The number of para-hydroxylation sites is 3.